The fraction of sp³-hybridized carbons (Fsp3) is 0.182. The molecule has 0 unspecified atom stereocenters. The smallest absolute Gasteiger partial charge is 0.181 e. The normalized spacial score (nSPS) is 11.1. The van der Waals surface area contributed by atoms with E-state index >= 15 is 0 Å². The molecule has 0 spiro atoms. The van der Waals surface area contributed by atoms with Crippen LogP contribution in [-0.2, 0) is 9.84 Å². The van der Waals surface area contributed by atoms with Gasteiger partial charge in [-0.2, -0.15) is 0 Å². The summed E-state index contributed by atoms with van der Waals surface area (Å²) in [5.41, 5.74) is 0.410. The van der Waals surface area contributed by atoms with Crippen molar-refractivity contribution < 1.29 is 13.2 Å². The average molecular weight is 259 g/mol. The number of carbonyl (C=O) groups is 1. The first-order valence-corrected chi connectivity index (χ1v) is 6.73. The molecular formula is C11H11ClO3S. The van der Waals surface area contributed by atoms with Crippen LogP contribution in [0.2, 0.25) is 0 Å². The quantitative estimate of drug-likeness (QED) is 0.462. The maximum absolute atomic E-state index is 11.6. The lowest BCUT2D eigenvalue weighted by atomic mass is 10.1. The second-order valence-electron chi connectivity index (χ2n) is 3.15. The number of rotatable bonds is 5. The highest BCUT2D eigenvalue weighted by molar-refractivity contribution is 7.91. The summed E-state index contributed by atoms with van der Waals surface area (Å²) in [6.07, 6.45) is 1.33. The zero-order valence-corrected chi connectivity index (χ0v) is 10.1. The fourth-order valence-corrected chi connectivity index (χ4v) is 2.38. The summed E-state index contributed by atoms with van der Waals surface area (Å²) >= 11 is 5.38. The van der Waals surface area contributed by atoms with Crippen molar-refractivity contribution in [3.05, 3.63) is 42.5 Å². The summed E-state index contributed by atoms with van der Waals surface area (Å²) in [7, 11) is -3.32. The summed E-state index contributed by atoms with van der Waals surface area (Å²) < 4.78 is 23.2. The third kappa shape index (κ3) is 2.93. The van der Waals surface area contributed by atoms with E-state index in [9.17, 15) is 13.2 Å². The van der Waals surface area contributed by atoms with Gasteiger partial charge in [-0.1, -0.05) is 18.2 Å². The van der Waals surface area contributed by atoms with E-state index in [0.717, 1.165) is 0 Å². The Bertz CT molecular complexity index is 488. The molecule has 1 rings (SSSR count). The second-order valence-corrected chi connectivity index (χ2v) is 5.45. The average Bonchev–Trinajstić information content (AvgIpc) is 2.28. The fourth-order valence-electron chi connectivity index (χ4n) is 1.18. The molecule has 0 amide bonds. The van der Waals surface area contributed by atoms with Crippen LogP contribution in [0.25, 0.3) is 0 Å². The van der Waals surface area contributed by atoms with E-state index < -0.39 is 9.84 Å². The van der Waals surface area contributed by atoms with Gasteiger partial charge in [0.1, 0.15) is 0 Å². The summed E-state index contributed by atoms with van der Waals surface area (Å²) in [6, 6.07) is 5.72. The standard InChI is InChI=1S/C11H11ClO3S/c1-2-7-16(14,15)10-5-3-9(4-6-10)11(13)8-12/h2-6H,1,7-8H2. The van der Waals surface area contributed by atoms with Crippen LogP contribution in [0.3, 0.4) is 0 Å². The topological polar surface area (TPSA) is 51.2 Å². The van der Waals surface area contributed by atoms with Gasteiger partial charge in [-0.05, 0) is 12.1 Å². The monoisotopic (exact) mass is 258 g/mol. The first kappa shape index (κ1) is 12.9. The molecule has 0 atom stereocenters. The molecule has 0 aliphatic carbocycles. The van der Waals surface area contributed by atoms with Crippen molar-refractivity contribution in [2.45, 2.75) is 4.90 Å². The molecule has 0 saturated heterocycles. The number of hydrogen-bond donors (Lipinski definition) is 0. The van der Waals surface area contributed by atoms with Gasteiger partial charge in [0, 0.05) is 5.56 Å². The van der Waals surface area contributed by atoms with Crippen LogP contribution in [0, 0.1) is 0 Å². The van der Waals surface area contributed by atoms with Crippen molar-refractivity contribution >= 4 is 27.2 Å². The lowest BCUT2D eigenvalue weighted by Gasteiger charge is -2.02. The Morgan fingerprint density at radius 3 is 2.31 bits per heavy atom. The van der Waals surface area contributed by atoms with Crippen LogP contribution in [-0.4, -0.2) is 25.8 Å². The van der Waals surface area contributed by atoms with E-state index in [-0.39, 0.29) is 22.3 Å². The van der Waals surface area contributed by atoms with E-state index in [1.54, 1.807) is 0 Å². The Morgan fingerprint density at radius 1 is 1.31 bits per heavy atom. The number of alkyl halides is 1. The summed E-state index contributed by atoms with van der Waals surface area (Å²) in [4.78, 5) is 11.4. The molecule has 0 N–H and O–H groups in total. The molecule has 0 aliphatic rings. The highest BCUT2D eigenvalue weighted by atomic mass is 35.5. The lowest BCUT2D eigenvalue weighted by Crippen LogP contribution is -2.06. The Labute approximate surface area is 99.7 Å². The highest BCUT2D eigenvalue weighted by Crippen LogP contribution is 2.13. The van der Waals surface area contributed by atoms with Crippen molar-refractivity contribution in [3.8, 4) is 0 Å². The van der Waals surface area contributed by atoms with Gasteiger partial charge in [0.25, 0.3) is 0 Å². The minimum absolute atomic E-state index is 0.112. The van der Waals surface area contributed by atoms with Gasteiger partial charge in [-0.25, -0.2) is 8.42 Å². The SMILES string of the molecule is C=CCS(=O)(=O)c1ccc(C(=O)CCl)cc1. The Balaban J connectivity index is 3.04. The predicted octanol–water partition coefficient (Wildman–Crippen LogP) is 2.07. The third-order valence-electron chi connectivity index (χ3n) is 1.99. The van der Waals surface area contributed by atoms with Crippen molar-refractivity contribution in [1.82, 2.24) is 0 Å². The van der Waals surface area contributed by atoms with Crippen LogP contribution in [0.5, 0.6) is 0 Å². The zero-order valence-electron chi connectivity index (χ0n) is 8.52. The molecule has 0 bridgehead atoms. The van der Waals surface area contributed by atoms with Gasteiger partial charge in [0.05, 0.1) is 16.5 Å². The molecule has 0 heterocycles. The number of halogens is 1. The number of Topliss-reactive ketones (excluding diaryl/α,β-unsaturated/α-hetero) is 1. The molecular weight excluding hydrogens is 248 g/mol. The van der Waals surface area contributed by atoms with Crippen LogP contribution in [0.1, 0.15) is 10.4 Å². The van der Waals surface area contributed by atoms with Crippen molar-refractivity contribution in [1.29, 1.82) is 0 Å². The molecule has 86 valence electrons. The molecule has 0 aliphatic heterocycles. The lowest BCUT2D eigenvalue weighted by molar-refractivity contribution is 0.102. The maximum atomic E-state index is 11.6. The van der Waals surface area contributed by atoms with Gasteiger partial charge in [-0.3, -0.25) is 4.79 Å². The first-order valence-electron chi connectivity index (χ1n) is 4.54. The van der Waals surface area contributed by atoms with E-state index in [2.05, 4.69) is 6.58 Å². The van der Waals surface area contributed by atoms with E-state index in [0.29, 0.717) is 5.56 Å². The predicted molar refractivity (Wildman–Crippen MR) is 63.7 cm³/mol. The van der Waals surface area contributed by atoms with Crippen LogP contribution < -0.4 is 0 Å². The Hall–Kier alpha value is -1.13. The van der Waals surface area contributed by atoms with Crippen LogP contribution in [0.4, 0.5) is 0 Å². The second kappa shape index (κ2) is 5.27. The van der Waals surface area contributed by atoms with Crippen LogP contribution in [0.15, 0.2) is 41.8 Å². The van der Waals surface area contributed by atoms with Crippen LogP contribution >= 0.6 is 11.6 Å². The molecule has 0 saturated carbocycles. The number of hydrogen-bond acceptors (Lipinski definition) is 3. The number of ketones is 1. The van der Waals surface area contributed by atoms with Gasteiger partial charge in [-0.15, -0.1) is 18.2 Å². The third-order valence-corrected chi connectivity index (χ3v) is 3.90. The van der Waals surface area contributed by atoms with Crippen molar-refractivity contribution in [2.75, 3.05) is 11.6 Å². The van der Waals surface area contributed by atoms with Gasteiger partial charge >= 0.3 is 0 Å². The molecule has 16 heavy (non-hydrogen) atoms. The minimum Gasteiger partial charge on any atom is -0.293 e. The minimum atomic E-state index is -3.32. The van der Waals surface area contributed by atoms with Gasteiger partial charge in [0.2, 0.25) is 0 Å². The van der Waals surface area contributed by atoms with E-state index in [4.69, 9.17) is 11.6 Å². The summed E-state index contributed by atoms with van der Waals surface area (Å²) in [5.74, 6) is -0.455. The van der Waals surface area contributed by atoms with Crippen molar-refractivity contribution in [2.24, 2.45) is 0 Å². The highest BCUT2D eigenvalue weighted by Gasteiger charge is 2.12. The zero-order chi connectivity index (χ0) is 12.2. The molecule has 1 aromatic rings. The molecule has 0 radical (unpaired) electrons. The first-order chi connectivity index (χ1) is 7.51. The maximum Gasteiger partial charge on any atom is 0.181 e. The molecule has 1 aromatic carbocycles. The Kier molecular flexibility index (Phi) is 4.26. The van der Waals surface area contributed by atoms with Gasteiger partial charge < -0.3 is 0 Å². The molecule has 0 aromatic heterocycles. The van der Waals surface area contributed by atoms with E-state index in [1.807, 2.05) is 0 Å². The molecule has 0 fully saturated rings. The van der Waals surface area contributed by atoms with Gasteiger partial charge in [0.15, 0.2) is 15.6 Å². The largest absolute Gasteiger partial charge is 0.293 e. The Morgan fingerprint density at radius 2 is 1.88 bits per heavy atom. The molecule has 5 heteroatoms. The molecule has 3 nitrogen and oxygen atoms in total. The van der Waals surface area contributed by atoms with Crippen molar-refractivity contribution in [3.63, 3.8) is 0 Å². The number of sulfone groups is 1. The number of carbonyl (C=O) groups excluding carboxylic acids is 1. The summed E-state index contributed by atoms with van der Waals surface area (Å²) in [5, 5.41) is 0. The van der Waals surface area contributed by atoms with E-state index in [1.165, 1.54) is 30.3 Å². The number of benzene rings is 1. The summed E-state index contributed by atoms with van der Waals surface area (Å²) in [6.45, 7) is 3.38.